The Kier molecular flexibility index (Phi) is 3.39. The molecule has 0 radical (unpaired) electrons. The minimum absolute atomic E-state index is 0.151. The van der Waals surface area contributed by atoms with Crippen LogP contribution >= 0.6 is 0 Å². The van der Waals surface area contributed by atoms with E-state index < -0.39 is 0 Å². The van der Waals surface area contributed by atoms with Crippen molar-refractivity contribution in [3.05, 3.63) is 53.6 Å². The van der Waals surface area contributed by atoms with E-state index in [0.717, 1.165) is 16.8 Å². The zero-order valence-electron chi connectivity index (χ0n) is 12.0. The maximum absolute atomic E-state index is 5.89. The van der Waals surface area contributed by atoms with E-state index in [-0.39, 0.29) is 6.04 Å². The summed E-state index contributed by atoms with van der Waals surface area (Å²) >= 11 is 0. The van der Waals surface area contributed by atoms with Gasteiger partial charge in [-0.2, -0.15) is 0 Å². The molecule has 0 aliphatic carbocycles. The second-order valence-corrected chi connectivity index (χ2v) is 4.74. The number of ether oxygens (including phenoxy) is 2. The largest absolute Gasteiger partial charge is 0.493 e. The number of methoxy groups -OCH3 is 2. The summed E-state index contributed by atoms with van der Waals surface area (Å²) in [6.07, 6.45) is 0. The Hall–Kier alpha value is -2.69. The third-order valence-electron chi connectivity index (χ3n) is 3.51. The fourth-order valence-electron chi connectivity index (χ4n) is 2.51. The Morgan fingerprint density at radius 3 is 2.57 bits per heavy atom. The molecular weight excluding hydrogens is 266 g/mol. The van der Waals surface area contributed by atoms with Gasteiger partial charge in [0.25, 0.3) is 0 Å². The number of rotatable bonds is 3. The second-order valence-electron chi connectivity index (χ2n) is 4.74. The quantitative estimate of drug-likeness (QED) is 0.908. The van der Waals surface area contributed by atoms with Gasteiger partial charge in [-0.05, 0) is 23.8 Å². The van der Waals surface area contributed by atoms with Gasteiger partial charge in [0.15, 0.2) is 17.5 Å². The highest BCUT2D eigenvalue weighted by Crippen LogP contribution is 2.37. The molecule has 1 atom stereocenters. The highest BCUT2D eigenvalue weighted by Gasteiger charge is 2.22. The molecule has 0 saturated carbocycles. The number of hydrogen-bond acceptors (Lipinski definition) is 5. The highest BCUT2D eigenvalue weighted by molar-refractivity contribution is 5.95. The van der Waals surface area contributed by atoms with E-state index in [4.69, 9.17) is 15.2 Å². The first-order valence-electron chi connectivity index (χ1n) is 6.64. The Balaban J connectivity index is 2.09. The van der Waals surface area contributed by atoms with E-state index in [2.05, 4.69) is 10.3 Å². The van der Waals surface area contributed by atoms with Crippen molar-refractivity contribution in [1.29, 1.82) is 0 Å². The molecule has 3 N–H and O–H groups in total. The number of nitrogens with two attached hydrogens (primary N) is 1. The summed E-state index contributed by atoms with van der Waals surface area (Å²) in [4.78, 5) is 4.51. The van der Waals surface area contributed by atoms with Crippen molar-refractivity contribution < 1.29 is 9.47 Å². The number of anilines is 1. The van der Waals surface area contributed by atoms with Crippen molar-refractivity contribution in [1.82, 2.24) is 0 Å². The van der Waals surface area contributed by atoms with Crippen LogP contribution in [-0.2, 0) is 0 Å². The molecule has 21 heavy (non-hydrogen) atoms. The molecule has 0 fully saturated rings. The van der Waals surface area contributed by atoms with Crippen LogP contribution in [-0.4, -0.2) is 20.2 Å². The minimum Gasteiger partial charge on any atom is -0.493 e. The van der Waals surface area contributed by atoms with Crippen LogP contribution in [0.3, 0.4) is 0 Å². The fourth-order valence-corrected chi connectivity index (χ4v) is 2.51. The fraction of sp³-hybridized carbons (Fsp3) is 0.188. The van der Waals surface area contributed by atoms with Crippen LogP contribution in [0.15, 0.2) is 47.5 Å². The van der Waals surface area contributed by atoms with Gasteiger partial charge >= 0.3 is 0 Å². The van der Waals surface area contributed by atoms with E-state index in [1.807, 2.05) is 42.5 Å². The number of guanidine groups is 1. The number of hydrogen-bond donors (Lipinski definition) is 2. The number of benzene rings is 2. The summed E-state index contributed by atoms with van der Waals surface area (Å²) in [5.41, 5.74) is 8.95. The van der Waals surface area contributed by atoms with Crippen LogP contribution in [0.5, 0.6) is 11.5 Å². The number of aliphatic imine (C=N–C) groups is 1. The molecule has 0 amide bonds. The summed E-state index contributed by atoms with van der Waals surface area (Å²) in [5.74, 6) is 1.79. The molecule has 1 unspecified atom stereocenters. The number of nitrogens with one attached hydrogen (secondary N) is 1. The highest BCUT2D eigenvalue weighted by atomic mass is 16.5. The zero-order valence-corrected chi connectivity index (χ0v) is 12.0. The van der Waals surface area contributed by atoms with Gasteiger partial charge < -0.3 is 20.5 Å². The van der Waals surface area contributed by atoms with Gasteiger partial charge in [-0.3, -0.25) is 0 Å². The summed E-state index contributed by atoms with van der Waals surface area (Å²) in [7, 11) is 3.24. The second kappa shape index (κ2) is 5.36. The molecule has 3 rings (SSSR count). The van der Waals surface area contributed by atoms with Gasteiger partial charge in [-0.1, -0.05) is 24.3 Å². The number of para-hydroxylation sites is 1. The smallest absolute Gasteiger partial charge is 0.194 e. The Labute approximate surface area is 123 Å². The first-order chi connectivity index (χ1) is 10.2. The molecule has 0 bridgehead atoms. The molecule has 0 saturated heterocycles. The Morgan fingerprint density at radius 2 is 1.81 bits per heavy atom. The zero-order chi connectivity index (χ0) is 14.8. The first kappa shape index (κ1) is 13.3. The van der Waals surface area contributed by atoms with E-state index in [1.54, 1.807) is 14.2 Å². The molecule has 5 nitrogen and oxygen atoms in total. The van der Waals surface area contributed by atoms with Crippen molar-refractivity contribution in [2.24, 2.45) is 10.7 Å². The lowest BCUT2D eigenvalue weighted by molar-refractivity contribution is 0.354. The Bertz CT molecular complexity index is 698. The van der Waals surface area contributed by atoms with Crippen LogP contribution in [0.2, 0.25) is 0 Å². The third kappa shape index (κ3) is 2.38. The maximum Gasteiger partial charge on any atom is 0.194 e. The van der Waals surface area contributed by atoms with E-state index in [0.29, 0.717) is 17.5 Å². The van der Waals surface area contributed by atoms with Crippen LogP contribution < -0.4 is 20.5 Å². The molecule has 0 aromatic heterocycles. The van der Waals surface area contributed by atoms with Crippen molar-refractivity contribution in [2.75, 3.05) is 19.5 Å². The molecule has 1 aliphatic rings. The van der Waals surface area contributed by atoms with Crippen LogP contribution in [0.4, 0.5) is 5.69 Å². The van der Waals surface area contributed by atoms with Gasteiger partial charge in [0, 0.05) is 11.3 Å². The molecule has 2 aromatic rings. The summed E-state index contributed by atoms with van der Waals surface area (Å²) in [5, 5.41) is 3.08. The van der Waals surface area contributed by atoms with Crippen LogP contribution in [0, 0.1) is 0 Å². The maximum atomic E-state index is 5.89. The number of fused-ring (bicyclic) bond motifs is 1. The van der Waals surface area contributed by atoms with Gasteiger partial charge in [-0.25, -0.2) is 4.99 Å². The molecule has 5 heteroatoms. The van der Waals surface area contributed by atoms with Gasteiger partial charge in [0.2, 0.25) is 0 Å². The average molecular weight is 283 g/mol. The summed E-state index contributed by atoms with van der Waals surface area (Å²) in [6, 6.07) is 13.6. The van der Waals surface area contributed by atoms with Crippen molar-refractivity contribution in [2.45, 2.75) is 6.04 Å². The van der Waals surface area contributed by atoms with Crippen LogP contribution in [0.25, 0.3) is 0 Å². The van der Waals surface area contributed by atoms with Crippen molar-refractivity contribution >= 4 is 11.6 Å². The van der Waals surface area contributed by atoms with E-state index >= 15 is 0 Å². The monoisotopic (exact) mass is 283 g/mol. The van der Waals surface area contributed by atoms with Crippen LogP contribution in [0.1, 0.15) is 17.2 Å². The third-order valence-corrected chi connectivity index (χ3v) is 3.51. The molecule has 1 heterocycles. The average Bonchev–Trinajstić information content (AvgIpc) is 2.53. The molecule has 1 aliphatic heterocycles. The van der Waals surface area contributed by atoms with E-state index in [1.165, 1.54) is 0 Å². The minimum atomic E-state index is -0.151. The Morgan fingerprint density at radius 1 is 1.05 bits per heavy atom. The standard InChI is InChI=1S/C16H17N3O2/c1-20-13-8-7-10(9-14(13)21-2)15-11-5-3-4-6-12(11)18-16(17)19-15/h3-9,15H,1-2H3,(H3,17,18,19). The predicted octanol–water partition coefficient (Wildman–Crippen LogP) is 2.53. The number of nitrogens with zero attached hydrogens (tertiary/aromatic N) is 1. The van der Waals surface area contributed by atoms with Gasteiger partial charge in [-0.15, -0.1) is 0 Å². The normalized spacial score (nSPS) is 16.5. The lowest BCUT2D eigenvalue weighted by Crippen LogP contribution is -2.28. The lowest BCUT2D eigenvalue weighted by atomic mass is 9.96. The predicted molar refractivity (Wildman–Crippen MR) is 83.1 cm³/mol. The summed E-state index contributed by atoms with van der Waals surface area (Å²) < 4.78 is 10.6. The molecule has 108 valence electrons. The molecular formula is C16H17N3O2. The van der Waals surface area contributed by atoms with Gasteiger partial charge in [0.05, 0.1) is 14.2 Å². The molecule has 0 spiro atoms. The summed E-state index contributed by atoms with van der Waals surface area (Å²) in [6.45, 7) is 0. The van der Waals surface area contributed by atoms with Gasteiger partial charge in [0.1, 0.15) is 6.04 Å². The topological polar surface area (TPSA) is 68.9 Å². The molecule has 2 aromatic carbocycles. The van der Waals surface area contributed by atoms with Crippen molar-refractivity contribution in [3.8, 4) is 11.5 Å². The lowest BCUT2D eigenvalue weighted by Gasteiger charge is -2.24. The SMILES string of the molecule is COc1ccc(C2N=C(N)Nc3ccccc32)cc1OC. The van der Waals surface area contributed by atoms with Crippen molar-refractivity contribution in [3.63, 3.8) is 0 Å². The van der Waals surface area contributed by atoms with E-state index in [9.17, 15) is 0 Å². The first-order valence-corrected chi connectivity index (χ1v) is 6.64.